The van der Waals surface area contributed by atoms with Gasteiger partial charge in [-0.25, -0.2) is 0 Å². The first-order chi connectivity index (χ1) is 9.29. The van der Waals surface area contributed by atoms with Gasteiger partial charge in [0.25, 0.3) is 0 Å². The fourth-order valence-electron chi connectivity index (χ4n) is 3.24. The maximum atomic E-state index is 12.4. The normalized spacial score (nSPS) is 35.9. The smallest absolute Gasteiger partial charge is 0.322 e. The molecule has 0 saturated heterocycles. The fourth-order valence-corrected chi connectivity index (χ4v) is 3.24. The van der Waals surface area contributed by atoms with E-state index in [-0.39, 0.29) is 24.4 Å². The highest BCUT2D eigenvalue weighted by atomic mass is 16.6. The van der Waals surface area contributed by atoms with Gasteiger partial charge < -0.3 is 10.1 Å². The first kappa shape index (κ1) is 14.5. The van der Waals surface area contributed by atoms with E-state index in [0.29, 0.717) is 5.70 Å². The average Bonchev–Trinajstić information content (AvgIpc) is 2.67. The lowest BCUT2D eigenvalue weighted by Crippen LogP contribution is -2.56. The van der Waals surface area contributed by atoms with Crippen LogP contribution < -0.4 is 5.32 Å². The monoisotopic (exact) mass is 282 g/mol. The minimum Gasteiger partial charge on any atom is -0.465 e. The number of rotatable bonds is 3. The van der Waals surface area contributed by atoms with E-state index in [2.05, 4.69) is 5.32 Å². The van der Waals surface area contributed by atoms with Gasteiger partial charge in [-0.1, -0.05) is 6.08 Å². The van der Waals surface area contributed by atoms with Gasteiger partial charge in [-0.05, 0) is 20.3 Å². The molecule has 1 aliphatic carbocycles. The van der Waals surface area contributed by atoms with Gasteiger partial charge in [0.15, 0.2) is 5.41 Å². The van der Waals surface area contributed by atoms with E-state index in [1.807, 2.05) is 0 Å². The maximum absolute atomic E-state index is 12.4. The Kier molecular flexibility index (Phi) is 3.31. The summed E-state index contributed by atoms with van der Waals surface area (Å²) >= 11 is 0. The lowest BCUT2D eigenvalue weighted by Gasteiger charge is -2.36. The number of nitro groups is 1. The van der Waals surface area contributed by atoms with Crippen molar-refractivity contribution in [1.82, 2.24) is 5.32 Å². The van der Waals surface area contributed by atoms with E-state index in [0.717, 1.165) is 0 Å². The molecule has 0 unspecified atom stereocenters. The summed E-state index contributed by atoms with van der Waals surface area (Å²) in [6.07, 6.45) is 1.92. The van der Waals surface area contributed by atoms with Crippen LogP contribution in [-0.2, 0) is 14.3 Å². The molecule has 0 aromatic carbocycles. The molecule has 0 bridgehead atoms. The minimum atomic E-state index is -1.47. The zero-order chi connectivity index (χ0) is 15.1. The minimum absolute atomic E-state index is 0.129. The second-order valence-electron chi connectivity index (χ2n) is 5.59. The van der Waals surface area contributed by atoms with Crippen molar-refractivity contribution in [3.63, 3.8) is 0 Å². The molecule has 1 amide bonds. The number of allylic oxidation sites excluding steroid dienone is 1. The third-order valence-electron chi connectivity index (χ3n) is 4.42. The molecule has 1 fully saturated rings. The second-order valence-corrected chi connectivity index (χ2v) is 5.59. The van der Waals surface area contributed by atoms with Crippen LogP contribution in [0.3, 0.4) is 0 Å². The van der Waals surface area contributed by atoms with Crippen LogP contribution in [-0.4, -0.2) is 28.9 Å². The fraction of sp³-hybridized carbons (Fsp3) is 0.692. The Hall–Kier alpha value is -1.92. The molecule has 1 saturated carbocycles. The third kappa shape index (κ3) is 1.72. The van der Waals surface area contributed by atoms with E-state index in [9.17, 15) is 19.7 Å². The SMILES string of the molecule is CCOC(=O)[C@]12CC[C@](C)([N+](=O)[O-])[C@H]1C=C(C)NC2=O. The van der Waals surface area contributed by atoms with E-state index in [1.165, 1.54) is 6.92 Å². The van der Waals surface area contributed by atoms with Crippen molar-refractivity contribution in [2.45, 2.75) is 39.2 Å². The van der Waals surface area contributed by atoms with Crippen LogP contribution in [0.5, 0.6) is 0 Å². The van der Waals surface area contributed by atoms with Gasteiger partial charge in [0.2, 0.25) is 11.4 Å². The molecular weight excluding hydrogens is 264 g/mol. The Balaban J connectivity index is 2.56. The molecule has 20 heavy (non-hydrogen) atoms. The Morgan fingerprint density at radius 1 is 1.60 bits per heavy atom. The highest BCUT2D eigenvalue weighted by Gasteiger charge is 2.69. The van der Waals surface area contributed by atoms with E-state index >= 15 is 0 Å². The summed E-state index contributed by atoms with van der Waals surface area (Å²) in [7, 11) is 0. The lowest BCUT2D eigenvalue weighted by atomic mass is 9.70. The number of carbonyl (C=O) groups excluding carboxylic acids is 2. The van der Waals surface area contributed by atoms with Gasteiger partial charge in [-0.15, -0.1) is 0 Å². The Bertz CT molecular complexity index is 515. The maximum Gasteiger partial charge on any atom is 0.322 e. The van der Waals surface area contributed by atoms with Crippen LogP contribution in [0.4, 0.5) is 0 Å². The molecule has 0 aromatic heterocycles. The Morgan fingerprint density at radius 3 is 2.80 bits per heavy atom. The first-order valence-corrected chi connectivity index (χ1v) is 6.60. The van der Waals surface area contributed by atoms with Crippen LogP contribution in [0.15, 0.2) is 11.8 Å². The number of nitrogens with zero attached hydrogens (tertiary/aromatic N) is 1. The molecule has 1 heterocycles. The highest BCUT2D eigenvalue weighted by Crippen LogP contribution is 2.54. The van der Waals surface area contributed by atoms with E-state index < -0.39 is 28.7 Å². The van der Waals surface area contributed by atoms with Gasteiger partial charge in [0.05, 0.1) is 12.5 Å². The second kappa shape index (κ2) is 4.57. The van der Waals surface area contributed by atoms with Crippen LogP contribution in [0, 0.1) is 21.4 Å². The summed E-state index contributed by atoms with van der Waals surface area (Å²) < 4.78 is 5.01. The summed E-state index contributed by atoms with van der Waals surface area (Å²) in [5.74, 6) is -1.94. The number of hydrogen-bond donors (Lipinski definition) is 1. The number of ether oxygens (including phenoxy) is 1. The Morgan fingerprint density at radius 2 is 2.25 bits per heavy atom. The summed E-state index contributed by atoms with van der Waals surface area (Å²) in [4.78, 5) is 35.7. The molecule has 1 aliphatic heterocycles. The highest BCUT2D eigenvalue weighted by molar-refractivity contribution is 6.05. The zero-order valence-corrected chi connectivity index (χ0v) is 11.8. The number of esters is 1. The van der Waals surface area contributed by atoms with Crippen molar-refractivity contribution in [3.05, 3.63) is 21.9 Å². The van der Waals surface area contributed by atoms with Gasteiger partial charge in [-0.3, -0.25) is 19.7 Å². The van der Waals surface area contributed by atoms with Crippen molar-refractivity contribution < 1.29 is 19.2 Å². The quantitative estimate of drug-likeness (QED) is 0.360. The molecule has 7 heteroatoms. The molecule has 2 rings (SSSR count). The number of hydrogen-bond acceptors (Lipinski definition) is 5. The number of amides is 1. The molecule has 0 aromatic rings. The predicted octanol–water partition coefficient (Wildman–Crippen LogP) is 1.01. The first-order valence-electron chi connectivity index (χ1n) is 6.60. The molecule has 110 valence electrons. The zero-order valence-electron chi connectivity index (χ0n) is 11.8. The van der Waals surface area contributed by atoms with Crippen molar-refractivity contribution in [2.75, 3.05) is 6.61 Å². The summed E-state index contributed by atoms with van der Waals surface area (Å²) in [5.41, 5.74) is -2.27. The van der Waals surface area contributed by atoms with Gasteiger partial charge in [-0.2, -0.15) is 0 Å². The number of carbonyl (C=O) groups is 2. The third-order valence-corrected chi connectivity index (χ3v) is 4.42. The standard InChI is InChI=1S/C13H18N2O5/c1-4-20-11(17)13-6-5-12(3,15(18)19)9(13)7-8(2)14-10(13)16/h7,9H,4-6H2,1-3H3,(H,14,16)/t9-,12+,13-/m1/s1. The number of fused-ring (bicyclic) bond motifs is 1. The molecular formula is C13H18N2O5. The van der Waals surface area contributed by atoms with E-state index in [4.69, 9.17) is 4.74 Å². The molecule has 2 aliphatic rings. The van der Waals surface area contributed by atoms with Crippen LogP contribution in [0.25, 0.3) is 0 Å². The van der Waals surface area contributed by atoms with E-state index in [1.54, 1.807) is 19.9 Å². The largest absolute Gasteiger partial charge is 0.465 e. The lowest BCUT2D eigenvalue weighted by molar-refractivity contribution is -0.571. The molecule has 7 nitrogen and oxygen atoms in total. The molecule has 3 atom stereocenters. The van der Waals surface area contributed by atoms with Gasteiger partial charge in [0.1, 0.15) is 0 Å². The molecule has 1 N–H and O–H groups in total. The number of nitrogens with one attached hydrogen (secondary N) is 1. The van der Waals surface area contributed by atoms with Gasteiger partial charge in [0, 0.05) is 24.0 Å². The summed E-state index contributed by atoms with van der Waals surface area (Å²) in [6.45, 7) is 4.93. The van der Waals surface area contributed by atoms with Crippen molar-refractivity contribution in [3.8, 4) is 0 Å². The van der Waals surface area contributed by atoms with Gasteiger partial charge >= 0.3 is 5.97 Å². The predicted molar refractivity (Wildman–Crippen MR) is 69.1 cm³/mol. The topological polar surface area (TPSA) is 98.5 Å². The molecule has 0 radical (unpaired) electrons. The summed E-state index contributed by atoms with van der Waals surface area (Å²) in [6, 6.07) is 0. The van der Waals surface area contributed by atoms with Crippen LogP contribution in [0.2, 0.25) is 0 Å². The van der Waals surface area contributed by atoms with Crippen LogP contribution in [0.1, 0.15) is 33.6 Å². The average molecular weight is 282 g/mol. The van der Waals surface area contributed by atoms with Crippen molar-refractivity contribution in [2.24, 2.45) is 11.3 Å². The van der Waals surface area contributed by atoms with Crippen molar-refractivity contribution in [1.29, 1.82) is 0 Å². The van der Waals surface area contributed by atoms with Crippen molar-refractivity contribution >= 4 is 11.9 Å². The Labute approximate surface area is 116 Å². The molecule has 0 spiro atoms. The van der Waals surface area contributed by atoms with Crippen LogP contribution >= 0.6 is 0 Å². The summed E-state index contributed by atoms with van der Waals surface area (Å²) in [5, 5.41) is 14.0.